The Morgan fingerprint density at radius 1 is 1.67 bits per heavy atom. The van der Waals surface area contributed by atoms with E-state index in [0.717, 1.165) is 5.75 Å². The summed E-state index contributed by atoms with van der Waals surface area (Å²) in [7, 11) is 0. The summed E-state index contributed by atoms with van der Waals surface area (Å²) in [5.74, 6) is 0.865. The van der Waals surface area contributed by atoms with Crippen molar-refractivity contribution in [3.05, 3.63) is 10.4 Å². The predicted molar refractivity (Wildman–Crippen MR) is 59.4 cm³/mol. The third-order valence-electron chi connectivity index (χ3n) is 2.40. The van der Waals surface area contributed by atoms with E-state index in [4.69, 9.17) is 16.0 Å². The normalized spacial score (nSPS) is 40.9. The van der Waals surface area contributed by atoms with Gasteiger partial charge in [-0.25, -0.2) is 0 Å². The lowest BCUT2D eigenvalue weighted by Crippen LogP contribution is -2.58. The van der Waals surface area contributed by atoms with Crippen LogP contribution in [0.15, 0.2) is 5.11 Å². The van der Waals surface area contributed by atoms with Crippen LogP contribution in [0.25, 0.3) is 10.4 Å². The second-order valence-corrected chi connectivity index (χ2v) is 4.80. The van der Waals surface area contributed by atoms with E-state index in [0.29, 0.717) is 0 Å². The summed E-state index contributed by atoms with van der Waals surface area (Å²) in [5, 5.41) is 13.4. The van der Waals surface area contributed by atoms with Crippen molar-refractivity contribution in [1.82, 2.24) is 0 Å². The molecule has 5 atom stereocenters. The molecule has 0 aromatic carbocycles. The van der Waals surface area contributed by atoms with Crippen LogP contribution in [0.5, 0.6) is 0 Å². The number of thioether (sulfide) groups is 1. The minimum Gasteiger partial charge on any atom is -0.391 e. The number of nitrogens with zero attached hydrogens (tertiary/aromatic N) is 3. The Morgan fingerprint density at radius 3 is 2.87 bits per heavy atom. The molecule has 86 valence electrons. The predicted octanol–water partition coefficient (Wildman–Crippen LogP) is 0.851. The third kappa shape index (κ3) is 2.76. The summed E-state index contributed by atoms with van der Waals surface area (Å²) in [6.45, 7) is 3.77. The van der Waals surface area contributed by atoms with Crippen LogP contribution in [0.2, 0.25) is 0 Å². The van der Waals surface area contributed by atoms with E-state index in [9.17, 15) is 5.11 Å². The molecule has 0 radical (unpaired) electrons. The van der Waals surface area contributed by atoms with Crippen LogP contribution in [0.1, 0.15) is 13.8 Å². The van der Waals surface area contributed by atoms with Crippen molar-refractivity contribution < 1.29 is 9.84 Å². The molecule has 0 bridgehead atoms. The van der Waals surface area contributed by atoms with Crippen molar-refractivity contribution in [3.63, 3.8) is 0 Å². The highest BCUT2D eigenvalue weighted by molar-refractivity contribution is 7.99. The summed E-state index contributed by atoms with van der Waals surface area (Å²) in [5.41, 5.74) is 13.9. The lowest BCUT2D eigenvalue weighted by Gasteiger charge is -2.40. The molecule has 0 aliphatic carbocycles. The van der Waals surface area contributed by atoms with E-state index >= 15 is 0 Å². The number of azide groups is 1. The van der Waals surface area contributed by atoms with Crippen LogP contribution < -0.4 is 5.73 Å². The van der Waals surface area contributed by atoms with Gasteiger partial charge in [-0.3, -0.25) is 0 Å². The van der Waals surface area contributed by atoms with Crippen LogP contribution in [0, 0.1) is 0 Å². The largest absolute Gasteiger partial charge is 0.391 e. The van der Waals surface area contributed by atoms with Gasteiger partial charge in [-0.1, -0.05) is 12.0 Å². The van der Waals surface area contributed by atoms with Crippen LogP contribution in [-0.2, 0) is 4.74 Å². The zero-order valence-corrected chi connectivity index (χ0v) is 9.59. The number of rotatable bonds is 3. The summed E-state index contributed by atoms with van der Waals surface area (Å²) < 4.78 is 5.59. The number of aliphatic hydroxyl groups excluding tert-OH is 1. The quantitative estimate of drug-likeness (QED) is 0.427. The van der Waals surface area contributed by atoms with Gasteiger partial charge in [-0.2, -0.15) is 0 Å². The van der Waals surface area contributed by atoms with Gasteiger partial charge in [0.05, 0.1) is 24.3 Å². The molecule has 0 unspecified atom stereocenters. The van der Waals surface area contributed by atoms with Crippen molar-refractivity contribution in [2.75, 3.05) is 5.75 Å². The molecule has 15 heavy (non-hydrogen) atoms. The molecule has 7 heteroatoms. The maximum Gasteiger partial charge on any atom is 0.121 e. The van der Waals surface area contributed by atoms with E-state index in [1.807, 2.05) is 6.92 Å². The van der Waals surface area contributed by atoms with Gasteiger partial charge in [-0.15, -0.1) is 11.8 Å². The van der Waals surface area contributed by atoms with E-state index in [2.05, 4.69) is 10.0 Å². The van der Waals surface area contributed by atoms with E-state index in [-0.39, 0.29) is 11.5 Å². The lowest BCUT2D eigenvalue weighted by atomic mass is 9.97. The highest BCUT2D eigenvalue weighted by Crippen LogP contribution is 2.28. The number of hydrogen-bond acceptors (Lipinski definition) is 5. The third-order valence-corrected chi connectivity index (χ3v) is 3.49. The number of aliphatic hydroxyl groups is 1. The highest BCUT2D eigenvalue weighted by atomic mass is 32.2. The first kappa shape index (κ1) is 12.6. The summed E-state index contributed by atoms with van der Waals surface area (Å²) in [6.07, 6.45) is -1.14. The Labute approximate surface area is 92.8 Å². The molecule has 1 aliphatic heterocycles. The van der Waals surface area contributed by atoms with E-state index < -0.39 is 18.2 Å². The van der Waals surface area contributed by atoms with Crippen LogP contribution in [0.3, 0.4) is 0 Å². The molecule has 6 nitrogen and oxygen atoms in total. The zero-order chi connectivity index (χ0) is 11.4. The molecule has 0 spiro atoms. The molecule has 1 aliphatic rings. The first-order valence-corrected chi connectivity index (χ1v) is 5.91. The molecule has 1 heterocycles. The Hall–Kier alpha value is -0.460. The van der Waals surface area contributed by atoms with Crippen molar-refractivity contribution >= 4 is 11.8 Å². The standard InChI is InChI=1S/C8H16N4O2S/c1-3-15-8-5(9)7(13)6(11-12-10)4(2)14-8/h4-8,13H,3,9H2,1-2H3/t4-,5-,6+,7-,8+/m1/s1. The molecular weight excluding hydrogens is 216 g/mol. The van der Waals surface area contributed by atoms with Gasteiger partial charge in [-0.05, 0) is 18.2 Å². The van der Waals surface area contributed by atoms with Gasteiger partial charge in [0.1, 0.15) is 5.44 Å². The lowest BCUT2D eigenvalue weighted by molar-refractivity contribution is -0.0789. The first-order valence-electron chi connectivity index (χ1n) is 4.86. The van der Waals surface area contributed by atoms with E-state index in [1.165, 1.54) is 0 Å². The Morgan fingerprint density at radius 2 is 2.33 bits per heavy atom. The van der Waals surface area contributed by atoms with Crippen molar-refractivity contribution in [3.8, 4) is 0 Å². The van der Waals surface area contributed by atoms with Gasteiger partial charge in [0.25, 0.3) is 0 Å². The summed E-state index contributed by atoms with van der Waals surface area (Å²) >= 11 is 1.55. The molecule has 0 saturated carbocycles. The monoisotopic (exact) mass is 232 g/mol. The van der Waals surface area contributed by atoms with Crippen molar-refractivity contribution in [2.24, 2.45) is 10.8 Å². The maximum atomic E-state index is 9.85. The SMILES string of the molecule is CCS[C@@H]1O[C@H](C)[C@H](N=[N+]=[N-])[C@H](O)[C@H]1N. The van der Waals surface area contributed by atoms with Gasteiger partial charge in [0.15, 0.2) is 0 Å². The minimum atomic E-state index is -0.839. The molecule has 0 amide bonds. The summed E-state index contributed by atoms with van der Waals surface area (Å²) in [6, 6.07) is -1.11. The molecule has 1 fully saturated rings. The number of ether oxygens (including phenoxy) is 1. The topological polar surface area (TPSA) is 104 Å². The first-order chi connectivity index (χ1) is 7.11. The van der Waals surface area contributed by atoms with Crippen molar-refractivity contribution in [2.45, 2.75) is 43.6 Å². The highest BCUT2D eigenvalue weighted by Gasteiger charge is 2.40. The van der Waals surface area contributed by atoms with Gasteiger partial charge in [0, 0.05) is 4.91 Å². The fourth-order valence-electron chi connectivity index (χ4n) is 1.59. The molecule has 1 rings (SSSR count). The average Bonchev–Trinajstić information content (AvgIpc) is 2.21. The molecular formula is C8H16N4O2S. The van der Waals surface area contributed by atoms with E-state index in [1.54, 1.807) is 18.7 Å². The molecule has 1 saturated heterocycles. The fraction of sp³-hybridized carbons (Fsp3) is 1.00. The Bertz CT molecular complexity index is 259. The summed E-state index contributed by atoms with van der Waals surface area (Å²) in [4.78, 5) is 2.69. The van der Waals surface area contributed by atoms with Gasteiger partial charge < -0.3 is 15.6 Å². The maximum absolute atomic E-state index is 9.85. The fourth-order valence-corrected chi connectivity index (χ4v) is 2.55. The smallest absolute Gasteiger partial charge is 0.121 e. The second kappa shape index (κ2) is 5.58. The van der Waals surface area contributed by atoms with Crippen molar-refractivity contribution in [1.29, 1.82) is 0 Å². The average molecular weight is 232 g/mol. The van der Waals surface area contributed by atoms with Crippen LogP contribution >= 0.6 is 11.8 Å². The molecule has 0 aromatic rings. The number of hydrogen-bond donors (Lipinski definition) is 2. The Kier molecular flexibility index (Phi) is 4.69. The van der Waals surface area contributed by atoms with Gasteiger partial charge in [0.2, 0.25) is 0 Å². The molecule has 0 aromatic heterocycles. The van der Waals surface area contributed by atoms with Crippen LogP contribution in [0.4, 0.5) is 0 Å². The Balaban J connectivity index is 2.73. The zero-order valence-electron chi connectivity index (χ0n) is 8.78. The second-order valence-electron chi connectivity index (χ2n) is 3.43. The molecule has 3 N–H and O–H groups in total. The van der Waals surface area contributed by atoms with Gasteiger partial charge >= 0.3 is 0 Å². The van der Waals surface area contributed by atoms with Crippen LogP contribution in [-0.4, -0.2) is 40.6 Å². The number of nitrogens with two attached hydrogens (primary N) is 1. The minimum absolute atomic E-state index is 0.231.